The summed E-state index contributed by atoms with van der Waals surface area (Å²) in [5.74, 6) is -0.120. The Balaban J connectivity index is 1.67. The molecule has 2 aromatic carbocycles. The number of aryl methyl sites for hydroxylation is 1. The fourth-order valence-corrected chi connectivity index (χ4v) is 4.68. The second kappa shape index (κ2) is 8.08. The molecule has 0 unspecified atom stereocenters. The van der Waals surface area contributed by atoms with Crippen LogP contribution in [-0.4, -0.2) is 21.1 Å². The Morgan fingerprint density at radius 3 is 2.57 bits per heavy atom. The molecule has 0 aliphatic carbocycles. The van der Waals surface area contributed by atoms with Gasteiger partial charge in [0.05, 0.1) is 17.1 Å². The molecule has 1 atom stereocenters. The minimum Gasteiger partial charge on any atom is -0.345 e. The quantitative estimate of drug-likeness (QED) is 0.503. The number of hydrogen-bond acceptors (Lipinski definition) is 6. The van der Waals surface area contributed by atoms with Crippen LogP contribution >= 0.6 is 23.1 Å². The lowest BCUT2D eigenvalue weighted by molar-refractivity contribution is 0.0941. The number of hydrogen-bond donors (Lipinski definition) is 1. The molecule has 0 radical (unpaired) electrons. The Morgan fingerprint density at radius 1 is 1.07 bits per heavy atom. The zero-order chi connectivity index (χ0) is 19.5. The number of carbonyl (C=O) groups is 1. The van der Waals surface area contributed by atoms with E-state index in [2.05, 4.69) is 20.5 Å². The molecule has 28 heavy (non-hydrogen) atoms. The van der Waals surface area contributed by atoms with Crippen LogP contribution in [-0.2, 0) is 0 Å². The summed E-state index contributed by atoms with van der Waals surface area (Å²) < 4.78 is 0.810. The molecule has 0 saturated heterocycles. The van der Waals surface area contributed by atoms with Gasteiger partial charge in [-0.25, -0.2) is 4.98 Å². The lowest BCUT2D eigenvalue weighted by Crippen LogP contribution is -2.27. The molecule has 4 rings (SSSR count). The SMILES string of the molecule is Cc1nnc(Sc2cc(C(=O)N[C@@H](C)c3ccccc3)c3ccccc3n2)s1. The number of para-hydroxylation sites is 1. The van der Waals surface area contributed by atoms with Gasteiger partial charge in [0.15, 0.2) is 4.34 Å². The van der Waals surface area contributed by atoms with E-state index in [1.54, 1.807) is 0 Å². The van der Waals surface area contributed by atoms with Gasteiger partial charge in [0.1, 0.15) is 10.0 Å². The van der Waals surface area contributed by atoms with Gasteiger partial charge in [0, 0.05) is 5.39 Å². The minimum absolute atomic E-state index is 0.0949. The van der Waals surface area contributed by atoms with E-state index in [-0.39, 0.29) is 11.9 Å². The highest BCUT2D eigenvalue weighted by molar-refractivity contribution is 8.01. The fourth-order valence-electron chi connectivity index (χ4n) is 2.90. The molecule has 0 bridgehead atoms. The van der Waals surface area contributed by atoms with Crippen molar-refractivity contribution in [2.75, 3.05) is 0 Å². The first-order valence-electron chi connectivity index (χ1n) is 8.84. The minimum atomic E-state index is -0.120. The lowest BCUT2D eigenvalue weighted by Gasteiger charge is -2.15. The first-order valence-corrected chi connectivity index (χ1v) is 10.5. The zero-order valence-electron chi connectivity index (χ0n) is 15.4. The molecule has 0 fully saturated rings. The molecule has 140 valence electrons. The highest BCUT2D eigenvalue weighted by Crippen LogP contribution is 2.31. The molecule has 2 aromatic heterocycles. The predicted molar refractivity (Wildman–Crippen MR) is 113 cm³/mol. The number of nitrogens with zero attached hydrogens (tertiary/aromatic N) is 3. The number of aromatic nitrogens is 3. The Labute approximate surface area is 171 Å². The molecule has 0 aliphatic rings. The van der Waals surface area contributed by atoms with Crippen LogP contribution in [0.2, 0.25) is 0 Å². The molecule has 1 N–H and O–H groups in total. The van der Waals surface area contributed by atoms with Gasteiger partial charge in [-0.05, 0) is 43.3 Å². The fraction of sp³-hybridized carbons (Fsp3) is 0.143. The first kappa shape index (κ1) is 18.6. The van der Waals surface area contributed by atoms with Gasteiger partial charge in [0.2, 0.25) is 0 Å². The van der Waals surface area contributed by atoms with E-state index in [0.717, 1.165) is 30.8 Å². The maximum atomic E-state index is 13.1. The maximum Gasteiger partial charge on any atom is 0.252 e. The smallest absolute Gasteiger partial charge is 0.252 e. The van der Waals surface area contributed by atoms with E-state index in [9.17, 15) is 4.79 Å². The normalized spacial score (nSPS) is 12.1. The van der Waals surface area contributed by atoms with E-state index in [1.807, 2.05) is 74.5 Å². The van der Waals surface area contributed by atoms with Crippen LogP contribution in [0.4, 0.5) is 0 Å². The van der Waals surface area contributed by atoms with Gasteiger partial charge in [-0.3, -0.25) is 4.79 Å². The third-order valence-corrected chi connectivity index (χ3v) is 6.09. The summed E-state index contributed by atoms with van der Waals surface area (Å²) in [6.45, 7) is 3.90. The third-order valence-electron chi connectivity index (χ3n) is 4.28. The van der Waals surface area contributed by atoms with Gasteiger partial charge in [0.25, 0.3) is 5.91 Å². The molecule has 0 saturated carbocycles. The number of pyridine rings is 1. The Kier molecular flexibility index (Phi) is 5.36. The van der Waals surface area contributed by atoms with Gasteiger partial charge in [-0.2, -0.15) is 0 Å². The van der Waals surface area contributed by atoms with E-state index < -0.39 is 0 Å². The van der Waals surface area contributed by atoms with E-state index in [1.165, 1.54) is 23.1 Å². The Morgan fingerprint density at radius 2 is 1.82 bits per heavy atom. The monoisotopic (exact) mass is 406 g/mol. The van der Waals surface area contributed by atoms with Crippen LogP contribution in [0.5, 0.6) is 0 Å². The summed E-state index contributed by atoms with van der Waals surface area (Å²) in [5.41, 5.74) is 2.46. The molecule has 7 heteroatoms. The van der Waals surface area contributed by atoms with Crippen LogP contribution in [0.25, 0.3) is 10.9 Å². The molecular weight excluding hydrogens is 388 g/mol. The average Bonchev–Trinajstić information content (AvgIpc) is 3.12. The van der Waals surface area contributed by atoms with Crippen molar-refractivity contribution in [1.29, 1.82) is 0 Å². The highest BCUT2D eigenvalue weighted by atomic mass is 32.2. The van der Waals surface area contributed by atoms with Crippen molar-refractivity contribution in [2.45, 2.75) is 29.3 Å². The van der Waals surface area contributed by atoms with Crippen molar-refractivity contribution in [3.8, 4) is 0 Å². The van der Waals surface area contributed by atoms with Gasteiger partial charge in [-0.1, -0.05) is 59.9 Å². The largest absolute Gasteiger partial charge is 0.345 e. The molecular formula is C21H18N4OS2. The van der Waals surface area contributed by atoms with Crippen molar-refractivity contribution < 1.29 is 4.79 Å². The molecule has 1 amide bonds. The van der Waals surface area contributed by atoms with Crippen molar-refractivity contribution >= 4 is 39.9 Å². The van der Waals surface area contributed by atoms with Gasteiger partial charge < -0.3 is 5.32 Å². The summed E-state index contributed by atoms with van der Waals surface area (Å²) in [7, 11) is 0. The summed E-state index contributed by atoms with van der Waals surface area (Å²) in [6.07, 6.45) is 0. The molecule has 0 aliphatic heterocycles. The number of benzene rings is 2. The number of nitrogens with one attached hydrogen (secondary N) is 1. The van der Waals surface area contributed by atoms with Crippen LogP contribution < -0.4 is 5.32 Å². The van der Waals surface area contributed by atoms with Crippen LogP contribution in [0.3, 0.4) is 0 Å². The van der Waals surface area contributed by atoms with Gasteiger partial charge >= 0.3 is 0 Å². The number of rotatable bonds is 5. The van der Waals surface area contributed by atoms with E-state index in [0.29, 0.717) is 5.56 Å². The summed E-state index contributed by atoms with van der Waals surface area (Å²) in [6, 6.07) is 19.3. The summed E-state index contributed by atoms with van der Waals surface area (Å²) in [5, 5.41) is 13.8. The number of fused-ring (bicyclic) bond motifs is 1. The van der Waals surface area contributed by atoms with E-state index in [4.69, 9.17) is 0 Å². The molecule has 5 nitrogen and oxygen atoms in total. The topological polar surface area (TPSA) is 67.8 Å². The van der Waals surface area contributed by atoms with E-state index >= 15 is 0 Å². The highest BCUT2D eigenvalue weighted by Gasteiger charge is 2.17. The van der Waals surface area contributed by atoms with Crippen molar-refractivity contribution in [1.82, 2.24) is 20.5 Å². The molecule has 2 heterocycles. The molecule has 0 spiro atoms. The number of amides is 1. The van der Waals surface area contributed by atoms with Crippen molar-refractivity contribution in [3.63, 3.8) is 0 Å². The van der Waals surface area contributed by atoms with Crippen molar-refractivity contribution in [2.24, 2.45) is 0 Å². The predicted octanol–water partition coefficient (Wildman–Crippen LogP) is 5.04. The van der Waals surface area contributed by atoms with Gasteiger partial charge in [-0.15, -0.1) is 10.2 Å². The second-order valence-corrected chi connectivity index (χ2v) is 8.77. The van der Waals surface area contributed by atoms with Crippen LogP contribution in [0.15, 0.2) is 70.0 Å². The first-order chi connectivity index (χ1) is 13.6. The second-order valence-electron chi connectivity index (χ2n) is 6.32. The summed E-state index contributed by atoms with van der Waals surface area (Å²) >= 11 is 2.93. The average molecular weight is 407 g/mol. The van der Waals surface area contributed by atoms with Crippen molar-refractivity contribution in [3.05, 3.63) is 76.8 Å². The van der Waals surface area contributed by atoms with Crippen LogP contribution in [0.1, 0.15) is 33.9 Å². The Bertz CT molecular complexity index is 1130. The third kappa shape index (κ3) is 4.05. The lowest BCUT2D eigenvalue weighted by atomic mass is 10.1. The standard InChI is InChI=1S/C21H18N4OS2/c1-13(15-8-4-3-5-9-15)22-20(26)17-12-19(28-21-25-24-14(2)27-21)23-18-11-7-6-10-16(17)18/h3-13H,1-2H3,(H,22,26)/t13-/m0/s1. The van der Waals surface area contributed by atoms with Crippen LogP contribution in [0, 0.1) is 6.92 Å². The zero-order valence-corrected chi connectivity index (χ0v) is 17.1. The number of carbonyl (C=O) groups excluding carboxylic acids is 1. The molecule has 4 aromatic rings. The summed E-state index contributed by atoms with van der Waals surface area (Å²) in [4.78, 5) is 17.8. The Hall–Kier alpha value is -2.77. The maximum absolute atomic E-state index is 13.1.